The number of nitrogens with zero attached hydrogens (tertiary/aromatic N) is 3. The molecule has 3 nitrogen and oxygen atoms in total. The van der Waals surface area contributed by atoms with Gasteiger partial charge in [-0.2, -0.15) is 0 Å². The first-order valence-corrected chi connectivity index (χ1v) is 27.7. The highest BCUT2D eigenvalue weighted by Gasteiger charge is 2.38. The van der Waals surface area contributed by atoms with Gasteiger partial charge in [-0.3, -0.25) is 0 Å². The number of anilines is 6. The van der Waals surface area contributed by atoms with Crippen LogP contribution in [0.5, 0.6) is 0 Å². The molecule has 11 aromatic carbocycles. The minimum Gasteiger partial charge on any atom is -0.310 e. The van der Waals surface area contributed by atoms with Gasteiger partial charge in [0.05, 0.1) is 16.6 Å². The molecule has 0 fully saturated rings. The molecule has 1 aliphatic rings. The average Bonchev–Trinajstić information content (AvgIpc) is 4.18. The Hall–Kier alpha value is -8.92. The van der Waals surface area contributed by atoms with Crippen LogP contribution in [0.2, 0.25) is 0 Å². The number of benzene rings is 11. The fraction of sp³-hybridized carbons (Fsp3) is 0.147. The largest absolute Gasteiger partial charge is 0.310 e. The Morgan fingerprint density at radius 2 is 0.705 bits per heavy atom. The second-order valence-corrected chi connectivity index (χ2v) is 24.2. The number of hydrogen-bond acceptors (Lipinski definition) is 2. The maximum atomic E-state index is 2.58. The molecule has 3 heteroatoms. The summed E-state index contributed by atoms with van der Waals surface area (Å²) in [6.07, 6.45) is 0. The van der Waals surface area contributed by atoms with E-state index in [9.17, 15) is 0 Å². The minimum absolute atomic E-state index is 0.111. The SMILES string of the molecule is CC(C)(C)c1ccc(-c2ccc(N(c3ccccc3)c3ccc4c(c3)C(C)(C)c3ccc5c(ccc6c7cccc8c9ccc(N(c%10ccccc%10)c%10ccc(-c%11ccc(C(C)(C)C)cc%11)cc%10)cc9n(c56)c87)c3-4)cc2)cc1. The average molecular weight is 1010 g/mol. The lowest BCUT2D eigenvalue weighted by Gasteiger charge is -2.28. The van der Waals surface area contributed by atoms with Gasteiger partial charge in [-0.1, -0.05) is 219 Å². The first-order chi connectivity index (χ1) is 37.7. The van der Waals surface area contributed by atoms with Crippen LogP contribution in [0.4, 0.5) is 34.1 Å². The molecule has 1 aliphatic carbocycles. The van der Waals surface area contributed by atoms with Gasteiger partial charge in [-0.15, -0.1) is 0 Å². The highest BCUT2D eigenvalue weighted by atomic mass is 15.1. The fourth-order valence-electron chi connectivity index (χ4n) is 12.8. The molecule has 2 aromatic heterocycles. The maximum absolute atomic E-state index is 2.58. The van der Waals surface area contributed by atoms with Crippen LogP contribution in [-0.4, -0.2) is 4.40 Å². The van der Waals surface area contributed by atoms with Crippen LogP contribution in [0.15, 0.2) is 237 Å². The van der Waals surface area contributed by atoms with Gasteiger partial charge in [0.15, 0.2) is 0 Å². The van der Waals surface area contributed by atoms with E-state index in [1.54, 1.807) is 0 Å². The van der Waals surface area contributed by atoms with Gasteiger partial charge in [0, 0.05) is 66.5 Å². The van der Waals surface area contributed by atoms with Gasteiger partial charge in [0.2, 0.25) is 0 Å². The zero-order chi connectivity index (χ0) is 53.2. The molecule has 0 spiro atoms. The Balaban J connectivity index is 0.888. The summed E-state index contributed by atoms with van der Waals surface area (Å²) in [5.41, 5.74) is 23.4. The summed E-state index contributed by atoms with van der Waals surface area (Å²) in [4.78, 5) is 4.81. The molecule has 0 N–H and O–H groups in total. The van der Waals surface area contributed by atoms with Crippen molar-refractivity contribution in [3.05, 3.63) is 259 Å². The fourth-order valence-corrected chi connectivity index (χ4v) is 12.8. The maximum Gasteiger partial charge on any atom is 0.0620 e. The molecular formula is C75H63N3. The van der Waals surface area contributed by atoms with E-state index in [1.165, 1.54) is 105 Å². The molecule has 0 aliphatic heterocycles. The molecule has 13 aromatic rings. The van der Waals surface area contributed by atoms with Crippen molar-refractivity contribution in [2.24, 2.45) is 0 Å². The molecule has 0 amide bonds. The van der Waals surface area contributed by atoms with E-state index in [0.29, 0.717) is 0 Å². The van der Waals surface area contributed by atoms with Crippen molar-refractivity contribution < 1.29 is 0 Å². The van der Waals surface area contributed by atoms with E-state index in [2.05, 4.69) is 306 Å². The molecule has 14 rings (SSSR count). The summed E-state index contributed by atoms with van der Waals surface area (Å²) >= 11 is 0. The summed E-state index contributed by atoms with van der Waals surface area (Å²) in [5.74, 6) is 0. The van der Waals surface area contributed by atoms with Gasteiger partial charge in [0.25, 0.3) is 0 Å². The Bertz CT molecular complexity index is 4420. The van der Waals surface area contributed by atoms with E-state index >= 15 is 0 Å². The summed E-state index contributed by atoms with van der Waals surface area (Å²) in [6, 6.07) is 88.6. The van der Waals surface area contributed by atoms with E-state index in [-0.39, 0.29) is 16.2 Å². The zero-order valence-corrected chi connectivity index (χ0v) is 45.9. The Morgan fingerprint density at radius 1 is 0.321 bits per heavy atom. The first-order valence-electron chi connectivity index (χ1n) is 27.7. The summed E-state index contributed by atoms with van der Waals surface area (Å²) < 4.78 is 2.58. The lowest BCUT2D eigenvalue weighted by molar-refractivity contribution is 0.590. The molecule has 0 bridgehead atoms. The van der Waals surface area contributed by atoms with Crippen molar-refractivity contribution in [2.75, 3.05) is 9.80 Å². The standard InChI is InChI=1S/C75H63N3/c1-73(2,3)52-30-22-48(23-31-52)50-26-34-56(35-27-50)76(54-16-11-9-12-17-54)58-39-41-66-68(46-58)75(7,8)67-45-44-64-61(70(66)67)42-43-65-63-21-15-20-62-60-40-38-59(47-69(60)78(71(62)63)72(64)65)77(55-18-13-10-14-19-55)57-36-28-51(29-37-57)49-24-32-53(33-25-49)74(4,5)6/h9-47H,1-8H3. The van der Waals surface area contributed by atoms with E-state index in [0.717, 1.165) is 34.1 Å². The van der Waals surface area contributed by atoms with Crippen LogP contribution < -0.4 is 9.80 Å². The quantitative estimate of drug-likeness (QED) is 0.150. The highest BCUT2D eigenvalue weighted by molar-refractivity contribution is 6.28. The van der Waals surface area contributed by atoms with Gasteiger partial charge < -0.3 is 14.2 Å². The van der Waals surface area contributed by atoms with Crippen molar-refractivity contribution in [2.45, 2.75) is 71.6 Å². The molecule has 2 heterocycles. The van der Waals surface area contributed by atoms with Gasteiger partial charge in [-0.05, 0) is 145 Å². The molecule has 0 unspecified atom stereocenters. The van der Waals surface area contributed by atoms with Crippen LogP contribution in [0.25, 0.3) is 82.2 Å². The van der Waals surface area contributed by atoms with E-state index < -0.39 is 0 Å². The summed E-state index contributed by atoms with van der Waals surface area (Å²) in [7, 11) is 0. The first kappa shape index (κ1) is 47.5. The van der Waals surface area contributed by atoms with Crippen LogP contribution in [0.1, 0.15) is 77.6 Å². The van der Waals surface area contributed by atoms with Gasteiger partial charge in [0.1, 0.15) is 0 Å². The minimum atomic E-state index is -0.236. The van der Waals surface area contributed by atoms with Crippen molar-refractivity contribution in [1.82, 2.24) is 4.40 Å². The molecular weight excluding hydrogens is 943 g/mol. The summed E-state index contributed by atoms with van der Waals surface area (Å²) in [6.45, 7) is 18.4. The number of hydrogen-bond donors (Lipinski definition) is 0. The number of aromatic nitrogens is 1. The highest BCUT2D eigenvalue weighted by Crippen LogP contribution is 2.55. The second kappa shape index (κ2) is 17.6. The van der Waals surface area contributed by atoms with Crippen molar-refractivity contribution >= 4 is 83.0 Å². The molecule has 0 radical (unpaired) electrons. The van der Waals surface area contributed by atoms with E-state index in [4.69, 9.17) is 0 Å². The normalized spacial score (nSPS) is 13.2. The monoisotopic (exact) mass is 1010 g/mol. The van der Waals surface area contributed by atoms with Crippen LogP contribution in [0.3, 0.4) is 0 Å². The molecule has 78 heavy (non-hydrogen) atoms. The lowest BCUT2D eigenvalue weighted by Crippen LogP contribution is -2.16. The number of fused-ring (bicyclic) bond motifs is 12. The van der Waals surface area contributed by atoms with Crippen molar-refractivity contribution in [1.29, 1.82) is 0 Å². The zero-order valence-electron chi connectivity index (χ0n) is 45.9. The molecule has 0 saturated carbocycles. The van der Waals surface area contributed by atoms with Crippen LogP contribution in [0, 0.1) is 0 Å². The Kier molecular flexibility index (Phi) is 10.7. The van der Waals surface area contributed by atoms with Gasteiger partial charge in [-0.25, -0.2) is 0 Å². The predicted octanol–water partition coefficient (Wildman–Crippen LogP) is 21.2. The molecule has 0 saturated heterocycles. The molecule has 0 atom stereocenters. The van der Waals surface area contributed by atoms with Crippen molar-refractivity contribution in [3.63, 3.8) is 0 Å². The molecule has 378 valence electrons. The Labute approximate surface area is 458 Å². The Morgan fingerprint density at radius 3 is 1.22 bits per heavy atom. The summed E-state index contributed by atoms with van der Waals surface area (Å²) in [5, 5.41) is 7.65. The second-order valence-electron chi connectivity index (χ2n) is 24.2. The third kappa shape index (κ3) is 7.54. The lowest BCUT2D eigenvalue weighted by atomic mass is 9.82. The van der Waals surface area contributed by atoms with Crippen molar-refractivity contribution in [3.8, 4) is 33.4 Å². The topological polar surface area (TPSA) is 10.9 Å². The van der Waals surface area contributed by atoms with E-state index in [1.807, 2.05) is 0 Å². The third-order valence-electron chi connectivity index (χ3n) is 17.0. The van der Waals surface area contributed by atoms with Crippen LogP contribution in [-0.2, 0) is 16.2 Å². The smallest absolute Gasteiger partial charge is 0.0620 e. The predicted molar refractivity (Wildman–Crippen MR) is 334 cm³/mol. The van der Waals surface area contributed by atoms with Gasteiger partial charge >= 0.3 is 0 Å². The van der Waals surface area contributed by atoms with Crippen LogP contribution >= 0.6 is 0 Å². The number of para-hydroxylation sites is 3. The number of rotatable bonds is 8. The third-order valence-corrected chi connectivity index (χ3v) is 17.0.